The van der Waals surface area contributed by atoms with Crippen LogP contribution in [0.5, 0.6) is 0 Å². The number of pyridine rings is 1. The second-order valence-corrected chi connectivity index (χ2v) is 7.28. The van der Waals surface area contributed by atoms with Crippen LogP contribution >= 0.6 is 0 Å². The van der Waals surface area contributed by atoms with Crippen molar-refractivity contribution in [1.29, 1.82) is 0 Å². The van der Waals surface area contributed by atoms with E-state index < -0.39 is 0 Å². The number of hydrogen-bond acceptors (Lipinski definition) is 3. The summed E-state index contributed by atoms with van der Waals surface area (Å²) in [7, 11) is 0. The Balaban J connectivity index is 1.38. The van der Waals surface area contributed by atoms with Crippen LogP contribution in [0, 0.1) is 0 Å². The fraction of sp³-hybridized carbons (Fsp3) is 0.429. The summed E-state index contributed by atoms with van der Waals surface area (Å²) >= 11 is 0. The van der Waals surface area contributed by atoms with Gasteiger partial charge in [0.25, 0.3) is 5.91 Å². The molecule has 1 atom stereocenters. The number of amides is 1. The Kier molecular flexibility index (Phi) is 4.89. The Hall–Kier alpha value is -2.40. The zero-order valence-electron chi connectivity index (χ0n) is 15.3. The third kappa shape index (κ3) is 3.44. The number of carbonyl (C=O) groups excluding carboxylic acids is 1. The van der Waals surface area contributed by atoms with Crippen molar-refractivity contribution in [3.8, 4) is 0 Å². The molecule has 0 aliphatic carbocycles. The minimum Gasteiger partial charge on any atom is -0.351 e. The molecule has 1 aliphatic rings. The molecule has 0 bridgehead atoms. The molecule has 1 aromatic carbocycles. The molecule has 2 aromatic heterocycles. The molecule has 1 amide bonds. The van der Waals surface area contributed by atoms with Gasteiger partial charge in [0.15, 0.2) is 0 Å². The van der Waals surface area contributed by atoms with E-state index >= 15 is 0 Å². The molecule has 0 spiro atoms. The van der Waals surface area contributed by atoms with Crippen LogP contribution in [0.1, 0.15) is 43.1 Å². The van der Waals surface area contributed by atoms with Crippen LogP contribution in [0.15, 0.2) is 36.5 Å². The highest BCUT2D eigenvalue weighted by Gasteiger charge is 2.17. The van der Waals surface area contributed by atoms with E-state index in [9.17, 15) is 4.79 Å². The zero-order valence-corrected chi connectivity index (χ0v) is 15.3. The van der Waals surface area contributed by atoms with Crippen LogP contribution in [-0.2, 0) is 0 Å². The number of aromatic amines is 1. The van der Waals surface area contributed by atoms with E-state index in [2.05, 4.69) is 27.1 Å². The number of benzene rings is 1. The van der Waals surface area contributed by atoms with Gasteiger partial charge in [-0.1, -0.05) is 24.6 Å². The molecule has 1 fully saturated rings. The maximum atomic E-state index is 12.5. The quantitative estimate of drug-likeness (QED) is 0.690. The molecular formula is C21H26N4O. The van der Waals surface area contributed by atoms with E-state index in [1.165, 1.54) is 25.8 Å². The number of H-pyrrole nitrogens is 1. The van der Waals surface area contributed by atoms with Crippen LogP contribution in [-0.4, -0.2) is 46.5 Å². The summed E-state index contributed by atoms with van der Waals surface area (Å²) in [5.74, 6) is -0.0445. The normalized spacial score (nSPS) is 18.4. The van der Waals surface area contributed by atoms with Gasteiger partial charge in [0.2, 0.25) is 0 Å². The summed E-state index contributed by atoms with van der Waals surface area (Å²) in [6.07, 6.45) is 6.71. The van der Waals surface area contributed by atoms with Gasteiger partial charge in [-0.15, -0.1) is 0 Å². The van der Waals surface area contributed by atoms with Crippen LogP contribution in [0.25, 0.3) is 21.8 Å². The molecule has 1 aliphatic heterocycles. The molecular weight excluding hydrogens is 324 g/mol. The van der Waals surface area contributed by atoms with Gasteiger partial charge in [0.1, 0.15) is 5.69 Å². The molecule has 1 saturated heterocycles. The Morgan fingerprint density at radius 2 is 2.19 bits per heavy atom. The summed E-state index contributed by atoms with van der Waals surface area (Å²) in [4.78, 5) is 22.7. The molecule has 1 unspecified atom stereocenters. The number of piperidine rings is 1. The predicted molar refractivity (Wildman–Crippen MR) is 105 cm³/mol. The van der Waals surface area contributed by atoms with E-state index in [1.807, 2.05) is 30.3 Å². The number of fused-ring (bicyclic) bond motifs is 3. The van der Waals surface area contributed by atoms with Crippen molar-refractivity contribution < 1.29 is 4.79 Å². The molecule has 5 heteroatoms. The number of likely N-dealkylation sites (tertiary alicyclic amines) is 1. The van der Waals surface area contributed by atoms with E-state index in [4.69, 9.17) is 0 Å². The number of nitrogens with one attached hydrogen (secondary N) is 2. The van der Waals surface area contributed by atoms with Gasteiger partial charge in [0, 0.05) is 36.1 Å². The number of hydrogen-bond donors (Lipinski definition) is 2. The highest BCUT2D eigenvalue weighted by Crippen LogP contribution is 2.23. The smallest absolute Gasteiger partial charge is 0.267 e. The largest absolute Gasteiger partial charge is 0.351 e. The molecule has 136 valence electrons. The molecule has 0 radical (unpaired) electrons. The topological polar surface area (TPSA) is 61.0 Å². The fourth-order valence-corrected chi connectivity index (χ4v) is 3.93. The third-order valence-corrected chi connectivity index (χ3v) is 5.46. The van der Waals surface area contributed by atoms with E-state index in [0.29, 0.717) is 18.3 Å². The zero-order chi connectivity index (χ0) is 17.9. The van der Waals surface area contributed by atoms with Gasteiger partial charge in [0.05, 0.1) is 11.0 Å². The highest BCUT2D eigenvalue weighted by atomic mass is 16.1. The van der Waals surface area contributed by atoms with Crippen LogP contribution < -0.4 is 5.32 Å². The molecule has 3 aromatic rings. The van der Waals surface area contributed by atoms with Gasteiger partial charge in [-0.05, 0) is 44.9 Å². The van der Waals surface area contributed by atoms with Crippen LogP contribution in [0.3, 0.4) is 0 Å². The van der Waals surface area contributed by atoms with Gasteiger partial charge in [-0.3, -0.25) is 9.78 Å². The Bertz CT molecular complexity index is 917. The number of aromatic nitrogens is 2. The van der Waals surface area contributed by atoms with Gasteiger partial charge < -0.3 is 15.2 Å². The Morgan fingerprint density at radius 1 is 1.31 bits per heavy atom. The molecule has 2 N–H and O–H groups in total. The molecule has 26 heavy (non-hydrogen) atoms. The van der Waals surface area contributed by atoms with E-state index in [0.717, 1.165) is 34.8 Å². The lowest BCUT2D eigenvalue weighted by Gasteiger charge is -2.33. The number of rotatable bonds is 5. The molecule has 3 heterocycles. The lowest BCUT2D eigenvalue weighted by atomic mass is 10.0. The predicted octanol–water partition coefficient (Wildman–Crippen LogP) is 3.71. The van der Waals surface area contributed by atoms with Gasteiger partial charge in [-0.25, -0.2) is 0 Å². The molecule has 5 nitrogen and oxygen atoms in total. The first kappa shape index (κ1) is 17.0. The van der Waals surface area contributed by atoms with E-state index in [1.54, 1.807) is 6.20 Å². The maximum absolute atomic E-state index is 12.5. The maximum Gasteiger partial charge on any atom is 0.267 e. The van der Waals surface area contributed by atoms with Crippen molar-refractivity contribution in [2.75, 3.05) is 19.6 Å². The summed E-state index contributed by atoms with van der Waals surface area (Å²) in [6, 6.07) is 10.6. The average Bonchev–Trinajstić information content (AvgIpc) is 3.11. The van der Waals surface area contributed by atoms with Crippen LogP contribution in [0.4, 0.5) is 0 Å². The van der Waals surface area contributed by atoms with E-state index in [-0.39, 0.29) is 5.91 Å². The van der Waals surface area contributed by atoms with Crippen LogP contribution in [0.2, 0.25) is 0 Å². The Morgan fingerprint density at radius 3 is 3.08 bits per heavy atom. The second kappa shape index (κ2) is 7.46. The standard InChI is InChI=1S/C21H26N4O/c1-15-6-2-3-12-25(15)13-5-11-23-21(26)18-14-17-9-8-16-7-4-10-22-19(16)20(17)24-18/h4,7-10,14-15,24H,2-3,5-6,11-13H2,1H3,(H,23,26). The van der Waals surface area contributed by atoms with Crippen molar-refractivity contribution in [2.24, 2.45) is 0 Å². The number of carbonyl (C=O) groups is 1. The Labute approximate surface area is 153 Å². The van der Waals surface area contributed by atoms with Crippen molar-refractivity contribution in [2.45, 2.75) is 38.6 Å². The molecule has 0 saturated carbocycles. The third-order valence-electron chi connectivity index (χ3n) is 5.46. The summed E-state index contributed by atoms with van der Waals surface area (Å²) in [5, 5.41) is 5.14. The first-order chi connectivity index (χ1) is 12.7. The molecule has 4 rings (SSSR count). The SMILES string of the molecule is CC1CCCCN1CCCNC(=O)c1cc2ccc3cccnc3c2[nH]1. The van der Waals surface area contributed by atoms with Gasteiger partial charge >= 0.3 is 0 Å². The average molecular weight is 350 g/mol. The van der Waals surface area contributed by atoms with Crippen molar-refractivity contribution in [1.82, 2.24) is 20.2 Å². The van der Waals surface area contributed by atoms with Gasteiger partial charge in [-0.2, -0.15) is 0 Å². The van der Waals surface area contributed by atoms with Crippen molar-refractivity contribution in [3.05, 3.63) is 42.2 Å². The lowest BCUT2D eigenvalue weighted by molar-refractivity contribution is 0.0945. The number of nitrogens with zero attached hydrogens (tertiary/aromatic N) is 2. The minimum atomic E-state index is -0.0445. The van der Waals surface area contributed by atoms with Crippen molar-refractivity contribution >= 4 is 27.7 Å². The summed E-state index contributed by atoms with van der Waals surface area (Å²) in [6.45, 7) is 5.26. The monoisotopic (exact) mass is 350 g/mol. The fourth-order valence-electron chi connectivity index (χ4n) is 3.93. The highest BCUT2D eigenvalue weighted by molar-refractivity contribution is 6.07. The second-order valence-electron chi connectivity index (χ2n) is 7.28. The van der Waals surface area contributed by atoms with Crippen molar-refractivity contribution in [3.63, 3.8) is 0 Å². The summed E-state index contributed by atoms with van der Waals surface area (Å²) < 4.78 is 0. The first-order valence-corrected chi connectivity index (χ1v) is 9.61. The minimum absolute atomic E-state index is 0.0445. The summed E-state index contributed by atoms with van der Waals surface area (Å²) in [5.41, 5.74) is 2.43. The lowest BCUT2D eigenvalue weighted by Crippen LogP contribution is -2.39. The first-order valence-electron chi connectivity index (χ1n) is 9.61.